The minimum atomic E-state index is -4.15. The molecule has 0 aromatic heterocycles. The number of piperidine rings is 1. The van der Waals surface area contributed by atoms with Crippen molar-refractivity contribution in [1.29, 1.82) is 0 Å². The topological polar surface area (TPSA) is 38.3 Å². The molecule has 1 aliphatic heterocycles. The van der Waals surface area contributed by atoms with Crippen LogP contribution in [0.5, 0.6) is 0 Å². The lowest BCUT2D eigenvalue weighted by atomic mass is 9.95. The molecule has 1 heterocycles. The molecule has 0 bridgehead atoms. The molecule has 2 rings (SSSR count). The van der Waals surface area contributed by atoms with Gasteiger partial charge in [0.1, 0.15) is 6.04 Å². The molecule has 0 amide bonds. The van der Waals surface area contributed by atoms with Crippen LogP contribution in [0.1, 0.15) is 26.2 Å². The molecule has 2 aliphatic rings. The van der Waals surface area contributed by atoms with Crippen LogP contribution in [0.2, 0.25) is 0 Å². The van der Waals surface area contributed by atoms with Crippen LogP contribution >= 0.6 is 0 Å². The molecule has 1 aliphatic carbocycles. The van der Waals surface area contributed by atoms with E-state index in [0.717, 1.165) is 0 Å². The van der Waals surface area contributed by atoms with Crippen LogP contribution in [0.3, 0.4) is 0 Å². The van der Waals surface area contributed by atoms with Crippen molar-refractivity contribution < 1.29 is 22.7 Å². The zero-order valence-electron chi connectivity index (χ0n) is 8.93. The van der Waals surface area contributed by atoms with Gasteiger partial charge < -0.3 is 10.1 Å². The Morgan fingerprint density at radius 1 is 1.50 bits per heavy atom. The molecule has 0 aromatic rings. The lowest BCUT2D eigenvalue weighted by molar-refractivity contribution is -0.151. The number of ether oxygens (including phenoxy) is 1. The van der Waals surface area contributed by atoms with Crippen molar-refractivity contribution in [2.24, 2.45) is 5.41 Å². The molecule has 2 fully saturated rings. The van der Waals surface area contributed by atoms with Gasteiger partial charge in [-0.05, 0) is 25.2 Å². The van der Waals surface area contributed by atoms with Crippen LogP contribution in [-0.2, 0) is 9.53 Å². The summed E-state index contributed by atoms with van der Waals surface area (Å²) in [6.45, 7) is 1.94. The third-order valence-corrected chi connectivity index (χ3v) is 3.33. The number of fused-ring (bicyclic) bond motifs is 1. The quantitative estimate of drug-likeness (QED) is 0.758. The number of halogens is 3. The van der Waals surface area contributed by atoms with Gasteiger partial charge in [-0.3, -0.25) is 4.79 Å². The number of carbonyl (C=O) groups excluding carboxylic acids is 1. The molecule has 92 valence electrons. The number of alkyl halides is 3. The summed E-state index contributed by atoms with van der Waals surface area (Å²) in [6.07, 6.45) is -4.19. The van der Waals surface area contributed by atoms with E-state index >= 15 is 0 Å². The summed E-state index contributed by atoms with van der Waals surface area (Å²) in [5, 5.41) is 2.90. The van der Waals surface area contributed by atoms with E-state index in [1.54, 1.807) is 6.92 Å². The fraction of sp³-hybridized carbons (Fsp3) is 0.900. The first-order valence-electron chi connectivity index (χ1n) is 5.36. The third kappa shape index (κ3) is 2.16. The number of esters is 1. The summed E-state index contributed by atoms with van der Waals surface area (Å²) in [5.41, 5.74) is -0.740. The lowest BCUT2D eigenvalue weighted by Crippen LogP contribution is -2.35. The number of carbonyl (C=O) groups is 1. The van der Waals surface area contributed by atoms with Gasteiger partial charge in [0, 0.05) is 6.04 Å². The van der Waals surface area contributed by atoms with E-state index in [0.29, 0.717) is 6.42 Å². The highest BCUT2D eigenvalue weighted by molar-refractivity contribution is 5.77. The van der Waals surface area contributed by atoms with E-state index < -0.39 is 30.0 Å². The normalized spacial score (nSPS) is 37.0. The number of rotatable bonds is 3. The largest absolute Gasteiger partial charge is 0.465 e. The molecule has 6 heteroatoms. The second kappa shape index (κ2) is 3.61. The molecule has 3 nitrogen and oxygen atoms in total. The highest BCUT2D eigenvalue weighted by atomic mass is 19.4. The van der Waals surface area contributed by atoms with Gasteiger partial charge in [0.05, 0.1) is 13.0 Å². The van der Waals surface area contributed by atoms with Crippen LogP contribution < -0.4 is 5.32 Å². The van der Waals surface area contributed by atoms with Crippen molar-refractivity contribution in [1.82, 2.24) is 5.32 Å². The minimum absolute atomic E-state index is 0.163. The first-order chi connectivity index (χ1) is 7.36. The summed E-state index contributed by atoms with van der Waals surface area (Å²) in [7, 11) is 0. The van der Waals surface area contributed by atoms with E-state index in [1.165, 1.54) is 0 Å². The molecule has 3 atom stereocenters. The number of hydrogen-bond donors (Lipinski definition) is 1. The van der Waals surface area contributed by atoms with Crippen molar-refractivity contribution in [2.45, 2.75) is 44.4 Å². The zero-order chi connectivity index (χ0) is 12.0. The molecule has 0 aromatic carbocycles. The molecule has 1 unspecified atom stereocenters. The average molecular weight is 237 g/mol. The van der Waals surface area contributed by atoms with Gasteiger partial charge in [-0.15, -0.1) is 0 Å². The average Bonchev–Trinajstić information content (AvgIpc) is 2.64. The molecule has 1 saturated heterocycles. The van der Waals surface area contributed by atoms with Crippen molar-refractivity contribution in [3.8, 4) is 0 Å². The van der Waals surface area contributed by atoms with Crippen LogP contribution in [0.25, 0.3) is 0 Å². The van der Waals surface area contributed by atoms with Gasteiger partial charge in [-0.1, -0.05) is 0 Å². The maximum absolute atomic E-state index is 12.3. The Bertz CT molecular complexity index is 305. The van der Waals surface area contributed by atoms with Gasteiger partial charge in [0.15, 0.2) is 0 Å². The van der Waals surface area contributed by atoms with Crippen molar-refractivity contribution >= 4 is 5.97 Å². The zero-order valence-corrected chi connectivity index (χ0v) is 8.93. The summed E-state index contributed by atoms with van der Waals surface area (Å²) >= 11 is 0. The highest BCUT2D eigenvalue weighted by Gasteiger charge is 2.65. The third-order valence-electron chi connectivity index (χ3n) is 3.33. The van der Waals surface area contributed by atoms with E-state index in [9.17, 15) is 18.0 Å². The summed E-state index contributed by atoms with van der Waals surface area (Å²) in [6, 6.07) is -0.718. The maximum atomic E-state index is 12.3. The van der Waals surface area contributed by atoms with E-state index in [2.05, 4.69) is 5.32 Å². The Hall–Kier alpha value is -0.780. The highest BCUT2D eigenvalue weighted by Crippen LogP contribution is 2.59. The van der Waals surface area contributed by atoms with Crippen LogP contribution in [0.4, 0.5) is 13.2 Å². The monoisotopic (exact) mass is 237 g/mol. The van der Waals surface area contributed by atoms with Gasteiger partial charge >= 0.3 is 12.1 Å². The molecule has 16 heavy (non-hydrogen) atoms. The fourth-order valence-electron chi connectivity index (χ4n) is 2.58. The van der Waals surface area contributed by atoms with Gasteiger partial charge in [-0.25, -0.2) is 0 Å². The van der Waals surface area contributed by atoms with Crippen LogP contribution in [0.15, 0.2) is 0 Å². The number of hydrogen-bond acceptors (Lipinski definition) is 3. The summed E-state index contributed by atoms with van der Waals surface area (Å²) < 4.78 is 41.7. The van der Waals surface area contributed by atoms with E-state index in [4.69, 9.17) is 4.74 Å². The van der Waals surface area contributed by atoms with Crippen LogP contribution in [-0.4, -0.2) is 30.8 Å². The summed E-state index contributed by atoms with van der Waals surface area (Å²) in [4.78, 5) is 11.4. The SMILES string of the molecule is CCOC(=O)C1C[C@]2(CC(F)(F)F)C[C@@H]2N1. The Kier molecular flexibility index (Phi) is 2.64. The Labute approximate surface area is 91.3 Å². The molecule has 1 N–H and O–H groups in total. The smallest absolute Gasteiger partial charge is 0.389 e. The molecule has 0 radical (unpaired) electrons. The van der Waals surface area contributed by atoms with E-state index in [-0.39, 0.29) is 19.1 Å². The maximum Gasteiger partial charge on any atom is 0.389 e. The second-order valence-electron chi connectivity index (χ2n) is 4.59. The molecular weight excluding hydrogens is 223 g/mol. The molecule has 0 spiro atoms. The van der Waals surface area contributed by atoms with Crippen LogP contribution in [0, 0.1) is 5.41 Å². The predicted octanol–water partition coefficient (Wildman–Crippen LogP) is 1.62. The Morgan fingerprint density at radius 3 is 2.75 bits per heavy atom. The van der Waals surface area contributed by atoms with Gasteiger partial charge in [0.25, 0.3) is 0 Å². The predicted molar refractivity (Wildman–Crippen MR) is 49.7 cm³/mol. The van der Waals surface area contributed by atoms with Crippen molar-refractivity contribution in [2.75, 3.05) is 6.61 Å². The van der Waals surface area contributed by atoms with Crippen molar-refractivity contribution in [3.63, 3.8) is 0 Å². The van der Waals surface area contributed by atoms with E-state index in [1.807, 2.05) is 0 Å². The first-order valence-corrected chi connectivity index (χ1v) is 5.36. The fourth-order valence-corrected chi connectivity index (χ4v) is 2.58. The van der Waals surface area contributed by atoms with Crippen molar-refractivity contribution in [3.05, 3.63) is 0 Å². The Morgan fingerprint density at radius 2 is 2.19 bits per heavy atom. The first kappa shape index (κ1) is 11.7. The number of nitrogens with one attached hydrogen (secondary N) is 1. The minimum Gasteiger partial charge on any atom is -0.465 e. The molecule has 1 saturated carbocycles. The van der Waals surface area contributed by atoms with Gasteiger partial charge in [0.2, 0.25) is 0 Å². The molecular formula is C10H14F3NO2. The lowest BCUT2D eigenvalue weighted by Gasteiger charge is -2.16. The standard InChI is InChI=1S/C10H14F3NO2/c1-2-16-8(15)6-3-9(4-7(9)14-6)5-10(11,12)13/h6-7,14H,2-5H2,1H3/t6?,7-,9+/m0/s1. The second-order valence-corrected chi connectivity index (χ2v) is 4.59. The Balaban J connectivity index is 1.92. The van der Waals surface area contributed by atoms with Gasteiger partial charge in [-0.2, -0.15) is 13.2 Å². The summed E-state index contributed by atoms with van der Waals surface area (Å²) in [5.74, 6) is -0.434.